The van der Waals surface area contributed by atoms with Gasteiger partial charge in [0.1, 0.15) is 0 Å². The van der Waals surface area contributed by atoms with Crippen molar-refractivity contribution in [3.05, 3.63) is 35.4 Å². The van der Waals surface area contributed by atoms with Crippen LogP contribution >= 0.6 is 0 Å². The number of piperidine rings is 1. The van der Waals surface area contributed by atoms with E-state index in [4.69, 9.17) is 5.11 Å². The molecule has 136 valence electrons. The second-order valence-electron chi connectivity index (χ2n) is 6.99. The zero-order valence-corrected chi connectivity index (χ0v) is 13.7. The number of nitrogens with zero attached hydrogens (tertiary/aromatic N) is 1. The van der Waals surface area contributed by atoms with Crippen molar-refractivity contribution in [1.82, 2.24) is 4.90 Å². The van der Waals surface area contributed by atoms with Gasteiger partial charge in [-0.2, -0.15) is 13.2 Å². The number of hydrogen-bond donors (Lipinski definition) is 1. The topological polar surface area (TPSA) is 57.6 Å². The zero-order chi connectivity index (χ0) is 18.2. The molecule has 0 bridgehead atoms. The van der Waals surface area contributed by atoms with E-state index in [1.165, 1.54) is 6.07 Å². The number of halogens is 3. The zero-order valence-electron chi connectivity index (χ0n) is 13.7. The highest BCUT2D eigenvalue weighted by Crippen LogP contribution is 2.50. The van der Waals surface area contributed by atoms with Crippen LogP contribution in [0.4, 0.5) is 13.2 Å². The summed E-state index contributed by atoms with van der Waals surface area (Å²) in [5, 5.41) is 8.85. The highest BCUT2D eigenvalue weighted by Gasteiger charge is 2.53. The molecule has 1 heterocycles. The molecule has 0 radical (unpaired) electrons. The summed E-state index contributed by atoms with van der Waals surface area (Å²) in [6, 6.07) is 5.05. The van der Waals surface area contributed by atoms with E-state index in [1.807, 2.05) is 0 Å². The Morgan fingerprint density at radius 3 is 2.36 bits per heavy atom. The van der Waals surface area contributed by atoms with Crippen LogP contribution in [0.15, 0.2) is 24.3 Å². The summed E-state index contributed by atoms with van der Waals surface area (Å²) in [4.78, 5) is 25.4. The number of rotatable bonds is 4. The van der Waals surface area contributed by atoms with Gasteiger partial charge in [-0.1, -0.05) is 18.2 Å². The number of amides is 1. The molecule has 1 amide bonds. The van der Waals surface area contributed by atoms with Crippen LogP contribution in [0, 0.1) is 5.92 Å². The third-order valence-electron chi connectivity index (χ3n) is 5.27. The van der Waals surface area contributed by atoms with Gasteiger partial charge in [0.25, 0.3) is 0 Å². The SMILES string of the molecule is O=C(O)CC1CCN(C(=O)C2(c3cccc(C(F)(F)F)c3)CC2)CC1. The molecule has 0 unspecified atom stereocenters. The molecule has 1 aromatic rings. The van der Waals surface area contributed by atoms with Gasteiger partial charge in [-0.25, -0.2) is 0 Å². The van der Waals surface area contributed by atoms with Crippen molar-refractivity contribution in [3.63, 3.8) is 0 Å². The van der Waals surface area contributed by atoms with Gasteiger partial charge in [0.15, 0.2) is 0 Å². The van der Waals surface area contributed by atoms with Gasteiger partial charge in [-0.15, -0.1) is 0 Å². The lowest BCUT2D eigenvalue weighted by Gasteiger charge is -2.34. The Balaban J connectivity index is 1.72. The lowest BCUT2D eigenvalue weighted by molar-refractivity contribution is -0.140. The predicted octanol–water partition coefficient (Wildman–Crippen LogP) is 3.45. The van der Waals surface area contributed by atoms with Crippen molar-refractivity contribution in [2.75, 3.05) is 13.1 Å². The summed E-state index contributed by atoms with van der Waals surface area (Å²) in [5.41, 5.74) is -1.13. The van der Waals surface area contributed by atoms with Crippen molar-refractivity contribution in [3.8, 4) is 0 Å². The largest absolute Gasteiger partial charge is 0.481 e. The van der Waals surface area contributed by atoms with Gasteiger partial charge in [0.05, 0.1) is 11.0 Å². The molecule has 2 aliphatic rings. The van der Waals surface area contributed by atoms with E-state index in [2.05, 4.69) is 0 Å². The molecular formula is C18H20F3NO3. The first-order valence-electron chi connectivity index (χ1n) is 8.41. The molecule has 3 rings (SSSR count). The first kappa shape index (κ1) is 17.8. The fraction of sp³-hybridized carbons (Fsp3) is 0.556. The maximum absolute atomic E-state index is 12.9. The summed E-state index contributed by atoms with van der Waals surface area (Å²) in [5.74, 6) is -0.904. The fourth-order valence-electron chi connectivity index (χ4n) is 3.63. The molecule has 1 aliphatic heterocycles. The lowest BCUT2D eigenvalue weighted by atomic mass is 9.89. The maximum atomic E-state index is 12.9. The number of hydrogen-bond acceptors (Lipinski definition) is 2. The quantitative estimate of drug-likeness (QED) is 0.900. The molecule has 1 aromatic carbocycles. The third-order valence-corrected chi connectivity index (χ3v) is 5.27. The number of carboxylic acids is 1. The molecule has 4 nitrogen and oxygen atoms in total. The van der Waals surface area contributed by atoms with E-state index in [0.29, 0.717) is 44.3 Å². The van der Waals surface area contributed by atoms with E-state index in [1.54, 1.807) is 11.0 Å². The average Bonchev–Trinajstić information content (AvgIpc) is 3.35. The summed E-state index contributed by atoms with van der Waals surface area (Å²) >= 11 is 0. The van der Waals surface area contributed by atoms with Crippen LogP contribution in [0.1, 0.15) is 43.2 Å². The molecule has 2 fully saturated rings. The number of likely N-dealkylation sites (tertiary alicyclic amines) is 1. The summed E-state index contributed by atoms with van der Waals surface area (Å²) < 4.78 is 38.8. The monoisotopic (exact) mass is 355 g/mol. The van der Waals surface area contributed by atoms with Crippen LogP contribution in [0.2, 0.25) is 0 Å². The van der Waals surface area contributed by atoms with Gasteiger partial charge in [0, 0.05) is 19.5 Å². The van der Waals surface area contributed by atoms with Gasteiger partial charge in [-0.3, -0.25) is 9.59 Å². The van der Waals surface area contributed by atoms with E-state index in [9.17, 15) is 22.8 Å². The predicted molar refractivity (Wildman–Crippen MR) is 83.9 cm³/mol. The van der Waals surface area contributed by atoms with Crippen molar-refractivity contribution in [1.29, 1.82) is 0 Å². The first-order chi connectivity index (χ1) is 11.7. The summed E-state index contributed by atoms with van der Waals surface area (Å²) in [6.45, 7) is 0.939. The van der Waals surface area contributed by atoms with Gasteiger partial charge < -0.3 is 10.0 Å². The van der Waals surface area contributed by atoms with Crippen LogP contribution in [-0.2, 0) is 21.2 Å². The molecule has 1 saturated heterocycles. The van der Waals surface area contributed by atoms with Gasteiger partial charge in [0.2, 0.25) is 5.91 Å². The number of aliphatic carboxylic acids is 1. The molecule has 1 saturated carbocycles. The molecule has 1 N–H and O–H groups in total. The summed E-state index contributed by atoms with van der Waals surface area (Å²) in [7, 11) is 0. The fourth-order valence-corrected chi connectivity index (χ4v) is 3.63. The van der Waals surface area contributed by atoms with Crippen molar-refractivity contribution < 1.29 is 27.9 Å². The van der Waals surface area contributed by atoms with E-state index in [0.717, 1.165) is 12.1 Å². The Kier molecular flexibility index (Phi) is 4.51. The van der Waals surface area contributed by atoms with Crippen LogP contribution in [0.5, 0.6) is 0 Å². The molecule has 0 spiro atoms. The minimum Gasteiger partial charge on any atom is -0.481 e. The number of carbonyl (C=O) groups excluding carboxylic acids is 1. The van der Waals surface area contributed by atoms with Gasteiger partial charge in [-0.05, 0) is 43.2 Å². The van der Waals surface area contributed by atoms with Crippen LogP contribution < -0.4 is 0 Å². The minimum atomic E-state index is -4.43. The third kappa shape index (κ3) is 3.65. The lowest BCUT2D eigenvalue weighted by Crippen LogP contribution is -2.44. The standard InChI is InChI=1S/C18H20F3NO3/c19-18(20,21)14-3-1-2-13(11-14)17(6-7-17)16(25)22-8-4-12(5-9-22)10-15(23)24/h1-3,11-12H,4-10H2,(H,23,24). The molecular weight excluding hydrogens is 335 g/mol. The van der Waals surface area contributed by atoms with Crippen LogP contribution in [-0.4, -0.2) is 35.0 Å². The first-order valence-corrected chi connectivity index (χ1v) is 8.41. The minimum absolute atomic E-state index is 0.0604. The average molecular weight is 355 g/mol. The second-order valence-corrected chi connectivity index (χ2v) is 6.99. The Labute approximate surface area is 143 Å². The molecule has 0 aromatic heterocycles. The Morgan fingerprint density at radius 1 is 1.20 bits per heavy atom. The molecule has 0 atom stereocenters. The number of benzene rings is 1. The molecule has 7 heteroatoms. The highest BCUT2D eigenvalue weighted by molar-refractivity contribution is 5.91. The normalized spacial score (nSPS) is 20.4. The van der Waals surface area contributed by atoms with Crippen molar-refractivity contribution in [2.45, 2.75) is 43.7 Å². The number of carboxylic acid groups (broad SMARTS) is 1. The second kappa shape index (κ2) is 6.35. The van der Waals surface area contributed by atoms with Crippen molar-refractivity contribution in [2.24, 2.45) is 5.92 Å². The molecule has 1 aliphatic carbocycles. The Bertz CT molecular complexity index is 674. The van der Waals surface area contributed by atoms with Gasteiger partial charge >= 0.3 is 12.1 Å². The van der Waals surface area contributed by atoms with E-state index < -0.39 is 23.1 Å². The van der Waals surface area contributed by atoms with Crippen LogP contribution in [0.25, 0.3) is 0 Å². The number of carbonyl (C=O) groups is 2. The van der Waals surface area contributed by atoms with E-state index in [-0.39, 0.29) is 18.2 Å². The maximum Gasteiger partial charge on any atom is 0.416 e. The van der Waals surface area contributed by atoms with E-state index >= 15 is 0 Å². The van der Waals surface area contributed by atoms with Crippen LogP contribution in [0.3, 0.4) is 0 Å². The Hall–Kier alpha value is -2.05. The van der Waals surface area contributed by atoms with Crippen molar-refractivity contribution >= 4 is 11.9 Å². The summed E-state index contributed by atoms with van der Waals surface area (Å²) in [6.07, 6.45) is -1.97. The smallest absolute Gasteiger partial charge is 0.416 e. The number of alkyl halides is 3. The highest BCUT2D eigenvalue weighted by atomic mass is 19.4. The Morgan fingerprint density at radius 2 is 1.84 bits per heavy atom. The molecule has 25 heavy (non-hydrogen) atoms.